The number of rotatable bonds is 5. The summed E-state index contributed by atoms with van der Waals surface area (Å²) in [7, 11) is 0. The van der Waals surface area contributed by atoms with Gasteiger partial charge in [0, 0.05) is 30.3 Å². The van der Waals surface area contributed by atoms with Crippen molar-refractivity contribution in [1.29, 1.82) is 0 Å². The van der Waals surface area contributed by atoms with E-state index < -0.39 is 0 Å². The van der Waals surface area contributed by atoms with E-state index in [-0.39, 0.29) is 0 Å². The molecule has 1 saturated heterocycles. The summed E-state index contributed by atoms with van der Waals surface area (Å²) in [5.74, 6) is 1.77. The molecule has 1 fully saturated rings. The molecule has 0 aromatic heterocycles. The molecule has 0 aliphatic carbocycles. The van der Waals surface area contributed by atoms with Crippen LogP contribution in [0, 0.1) is 5.92 Å². The van der Waals surface area contributed by atoms with Crippen molar-refractivity contribution in [1.82, 2.24) is 0 Å². The SMILES string of the molecule is CCC(C)C(N)CSC1CCOCC1. The van der Waals surface area contributed by atoms with Crippen LogP contribution in [0.4, 0.5) is 0 Å². The average Bonchev–Trinajstić information content (AvgIpc) is 2.26. The molecular weight excluding hydrogens is 194 g/mol. The predicted molar refractivity (Wildman–Crippen MR) is 63.7 cm³/mol. The fourth-order valence-corrected chi connectivity index (χ4v) is 2.91. The Balaban J connectivity index is 2.12. The first-order valence-electron chi connectivity index (χ1n) is 5.69. The summed E-state index contributed by atoms with van der Waals surface area (Å²) in [6, 6.07) is 0.368. The van der Waals surface area contributed by atoms with E-state index in [1.165, 1.54) is 19.3 Å². The van der Waals surface area contributed by atoms with Gasteiger partial charge in [0.2, 0.25) is 0 Å². The second-order valence-corrected chi connectivity index (χ2v) is 5.53. The summed E-state index contributed by atoms with van der Waals surface area (Å²) in [6.07, 6.45) is 3.60. The summed E-state index contributed by atoms with van der Waals surface area (Å²) in [6.45, 7) is 6.34. The third-order valence-corrected chi connectivity index (χ3v) is 4.59. The Labute approximate surface area is 92.0 Å². The van der Waals surface area contributed by atoms with E-state index in [9.17, 15) is 0 Å². The molecule has 2 unspecified atom stereocenters. The minimum Gasteiger partial charge on any atom is -0.381 e. The third kappa shape index (κ3) is 4.20. The standard InChI is InChI=1S/C11H23NOS/c1-3-9(2)11(12)8-14-10-4-6-13-7-5-10/h9-11H,3-8,12H2,1-2H3. The molecule has 2 atom stereocenters. The summed E-state index contributed by atoms with van der Waals surface area (Å²) in [5, 5.41) is 0.791. The van der Waals surface area contributed by atoms with Crippen LogP contribution in [-0.4, -0.2) is 30.3 Å². The maximum Gasteiger partial charge on any atom is 0.0476 e. The zero-order valence-corrected chi connectivity index (χ0v) is 10.2. The lowest BCUT2D eigenvalue weighted by Gasteiger charge is -2.24. The zero-order chi connectivity index (χ0) is 10.4. The van der Waals surface area contributed by atoms with Gasteiger partial charge < -0.3 is 10.5 Å². The maximum absolute atomic E-state index is 6.09. The topological polar surface area (TPSA) is 35.2 Å². The smallest absolute Gasteiger partial charge is 0.0476 e. The number of hydrogen-bond acceptors (Lipinski definition) is 3. The van der Waals surface area contributed by atoms with E-state index in [0.717, 1.165) is 24.2 Å². The van der Waals surface area contributed by atoms with Crippen molar-refractivity contribution in [3.05, 3.63) is 0 Å². The molecule has 1 aliphatic heterocycles. The molecule has 1 aliphatic rings. The van der Waals surface area contributed by atoms with Gasteiger partial charge in [-0.3, -0.25) is 0 Å². The lowest BCUT2D eigenvalue weighted by molar-refractivity contribution is 0.1000. The van der Waals surface area contributed by atoms with E-state index in [0.29, 0.717) is 12.0 Å². The number of hydrogen-bond donors (Lipinski definition) is 1. The molecule has 0 amide bonds. The Hall–Kier alpha value is 0.270. The van der Waals surface area contributed by atoms with Gasteiger partial charge >= 0.3 is 0 Å². The van der Waals surface area contributed by atoms with Crippen LogP contribution in [0.2, 0.25) is 0 Å². The van der Waals surface area contributed by atoms with Crippen molar-refractivity contribution in [2.24, 2.45) is 11.7 Å². The summed E-state index contributed by atoms with van der Waals surface area (Å²) in [5.41, 5.74) is 6.09. The maximum atomic E-state index is 6.09. The minimum atomic E-state index is 0.368. The largest absolute Gasteiger partial charge is 0.381 e. The molecule has 2 nitrogen and oxygen atoms in total. The monoisotopic (exact) mass is 217 g/mol. The van der Waals surface area contributed by atoms with E-state index in [1.807, 2.05) is 11.8 Å². The Bertz CT molecular complexity index is 146. The molecule has 0 aromatic carbocycles. The van der Waals surface area contributed by atoms with Gasteiger partial charge in [0.25, 0.3) is 0 Å². The van der Waals surface area contributed by atoms with Crippen LogP contribution in [0.1, 0.15) is 33.1 Å². The van der Waals surface area contributed by atoms with Gasteiger partial charge in [0.1, 0.15) is 0 Å². The molecule has 1 rings (SSSR count). The molecule has 2 N–H and O–H groups in total. The lowest BCUT2D eigenvalue weighted by Crippen LogP contribution is -2.31. The van der Waals surface area contributed by atoms with Crippen LogP contribution < -0.4 is 5.73 Å². The van der Waals surface area contributed by atoms with E-state index >= 15 is 0 Å². The molecule has 0 saturated carbocycles. The van der Waals surface area contributed by atoms with Gasteiger partial charge in [-0.15, -0.1) is 0 Å². The Kier molecular flexibility index (Phi) is 5.90. The van der Waals surface area contributed by atoms with Crippen molar-refractivity contribution in [3.63, 3.8) is 0 Å². The highest BCUT2D eigenvalue weighted by molar-refractivity contribution is 7.99. The normalized spacial score (nSPS) is 23.4. The van der Waals surface area contributed by atoms with Crippen molar-refractivity contribution in [3.8, 4) is 0 Å². The molecule has 0 spiro atoms. The molecule has 14 heavy (non-hydrogen) atoms. The third-order valence-electron chi connectivity index (χ3n) is 3.07. The van der Waals surface area contributed by atoms with Gasteiger partial charge in [-0.05, 0) is 18.8 Å². The Morgan fingerprint density at radius 1 is 1.43 bits per heavy atom. The van der Waals surface area contributed by atoms with Crippen LogP contribution in [0.5, 0.6) is 0 Å². The first kappa shape index (κ1) is 12.3. The van der Waals surface area contributed by atoms with Crippen molar-refractivity contribution in [2.75, 3.05) is 19.0 Å². The van der Waals surface area contributed by atoms with Crippen LogP contribution in [0.25, 0.3) is 0 Å². The van der Waals surface area contributed by atoms with Gasteiger partial charge in [-0.2, -0.15) is 11.8 Å². The predicted octanol–water partition coefficient (Wildman–Crippen LogP) is 2.27. The highest BCUT2D eigenvalue weighted by atomic mass is 32.2. The quantitative estimate of drug-likeness (QED) is 0.767. The molecule has 0 aromatic rings. The lowest BCUT2D eigenvalue weighted by atomic mass is 10.0. The zero-order valence-electron chi connectivity index (χ0n) is 9.37. The first-order valence-corrected chi connectivity index (χ1v) is 6.73. The Morgan fingerprint density at radius 2 is 2.07 bits per heavy atom. The van der Waals surface area contributed by atoms with Crippen LogP contribution >= 0.6 is 11.8 Å². The van der Waals surface area contributed by atoms with Gasteiger partial charge in [0.15, 0.2) is 0 Å². The number of thioether (sulfide) groups is 1. The van der Waals surface area contributed by atoms with Crippen molar-refractivity contribution < 1.29 is 4.74 Å². The fourth-order valence-electron chi connectivity index (χ4n) is 1.56. The molecule has 84 valence electrons. The first-order chi connectivity index (χ1) is 6.74. The molecule has 3 heteroatoms. The summed E-state index contributed by atoms with van der Waals surface area (Å²) >= 11 is 2.04. The second kappa shape index (κ2) is 6.70. The molecule has 1 heterocycles. The highest BCUT2D eigenvalue weighted by Crippen LogP contribution is 2.23. The molecule has 0 radical (unpaired) electrons. The van der Waals surface area contributed by atoms with Gasteiger partial charge in [0.05, 0.1) is 0 Å². The second-order valence-electron chi connectivity index (χ2n) is 4.19. The molecular formula is C11H23NOS. The van der Waals surface area contributed by atoms with Crippen molar-refractivity contribution >= 4 is 11.8 Å². The van der Waals surface area contributed by atoms with E-state index in [2.05, 4.69) is 13.8 Å². The minimum absolute atomic E-state index is 0.368. The van der Waals surface area contributed by atoms with Crippen LogP contribution in [0.3, 0.4) is 0 Å². The average molecular weight is 217 g/mol. The van der Waals surface area contributed by atoms with Gasteiger partial charge in [-0.25, -0.2) is 0 Å². The van der Waals surface area contributed by atoms with Crippen LogP contribution in [-0.2, 0) is 4.74 Å². The number of nitrogens with two attached hydrogens (primary N) is 1. The van der Waals surface area contributed by atoms with Gasteiger partial charge in [-0.1, -0.05) is 20.3 Å². The summed E-state index contributed by atoms with van der Waals surface area (Å²) in [4.78, 5) is 0. The Morgan fingerprint density at radius 3 is 2.64 bits per heavy atom. The number of ether oxygens (including phenoxy) is 1. The molecule has 0 bridgehead atoms. The van der Waals surface area contributed by atoms with Crippen molar-refractivity contribution in [2.45, 2.75) is 44.4 Å². The van der Waals surface area contributed by atoms with E-state index in [1.54, 1.807) is 0 Å². The van der Waals surface area contributed by atoms with Crippen LogP contribution in [0.15, 0.2) is 0 Å². The summed E-state index contributed by atoms with van der Waals surface area (Å²) < 4.78 is 5.33. The highest BCUT2D eigenvalue weighted by Gasteiger charge is 2.17. The fraction of sp³-hybridized carbons (Fsp3) is 1.00. The van der Waals surface area contributed by atoms with E-state index in [4.69, 9.17) is 10.5 Å².